The van der Waals surface area contributed by atoms with Gasteiger partial charge in [0.15, 0.2) is 0 Å². The van der Waals surface area contributed by atoms with Gasteiger partial charge in [-0.2, -0.15) is 0 Å². The van der Waals surface area contributed by atoms with Crippen LogP contribution in [0.1, 0.15) is 33.6 Å². The van der Waals surface area contributed by atoms with Crippen LogP contribution in [0.25, 0.3) is 0 Å². The molecule has 1 atom stereocenters. The smallest absolute Gasteiger partial charge is 0.287 e. The fourth-order valence-corrected chi connectivity index (χ4v) is 3.92. The number of carbonyl (C=O) groups is 2. The summed E-state index contributed by atoms with van der Waals surface area (Å²) in [5.41, 5.74) is -0.469. The minimum Gasteiger partial charge on any atom is -0.353 e. The second kappa shape index (κ2) is 8.34. The molecule has 2 aliphatic heterocycles. The van der Waals surface area contributed by atoms with E-state index in [1.807, 2.05) is 35.5 Å². The summed E-state index contributed by atoms with van der Waals surface area (Å²) in [5, 5.41) is 10.8. The number of piperidine rings is 1. The molecular formula is C20H29N5O4. The van der Waals surface area contributed by atoms with Crippen LogP contribution in [0, 0.1) is 21.4 Å². The van der Waals surface area contributed by atoms with E-state index in [1.54, 1.807) is 6.07 Å². The third-order valence-corrected chi connectivity index (χ3v) is 5.56. The molecular weight excluding hydrogens is 374 g/mol. The standard InChI is InChI=1S/C20H29N5O4/c1-20(2,3)19(27)24-8-4-5-15(14-24)18(26)23-11-9-22(10-12-23)17-7-6-16(13-21-17)25(28)29/h6-7,13,15H,4-5,8-12,14H2,1-3H3. The second-order valence-electron chi connectivity index (χ2n) is 8.78. The number of piperazine rings is 1. The van der Waals surface area contributed by atoms with Crippen LogP contribution in [0.15, 0.2) is 18.3 Å². The van der Waals surface area contributed by atoms with Crippen molar-refractivity contribution in [3.63, 3.8) is 0 Å². The molecule has 2 aliphatic rings. The van der Waals surface area contributed by atoms with Crippen LogP contribution >= 0.6 is 0 Å². The van der Waals surface area contributed by atoms with Gasteiger partial charge >= 0.3 is 0 Å². The Balaban J connectivity index is 1.55. The number of nitro groups is 1. The van der Waals surface area contributed by atoms with Crippen molar-refractivity contribution < 1.29 is 14.5 Å². The maximum Gasteiger partial charge on any atom is 0.287 e. The van der Waals surface area contributed by atoms with E-state index in [4.69, 9.17) is 0 Å². The van der Waals surface area contributed by atoms with E-state index in [0.29, 0.717) is 38.5 Å². The molecule has 3 rings (SSSR count). The highest BCUT2D eigenvalue weighted by molar-refractivity contribution is 5.84. The molecule has 0 N–H and O–H groups in total. The van der Waals surface area contributed by atoms with E-state index >= 15 is 0 Å². The second-order valence-corrected chi connectivity index (χ2v) is 8.78. The number of aromatic nitrogens is 1. The summed E-state index contributed by atoms with van der Waals surface area (Å²) in [6.45, 7) is 9.38. The summed E-state index contributed by atoms with van der Waals surface area (Å²) in [6, 6.07) is 3.09. The molecule has 3 heterocycles. The Morgan fingerprint density at radius 3 is 2.34 bits per heavy atom. The van der Waals surface area contributed by atoms with Gasteiger partial charge < -0.3 is 14.7 Å². The maximum absolute atomic E-state index is 13.0. The minimum absolute atomic E-state index is 0.0331. The molecule has 0 aliphatic carbocycles. The van der Waals surface area contributed by atoms with Gasteiger partial charge in [-0.05, 0) is 18.9 Å². The van der Waals surface area contributed by atoms with Crippen LogP contribution in [0.3, 0.4) is 0 Å². The Morgan fingerprint density at radius 2 is 1.79 bits per heavy atom. The Morgan fingerprint density at radius 1 is 1.10 bits per heavy atom. The van der Waals surface area contributed by atoms with E-state index < -0.39 is 10.3 Å². The van der Waals surface area contributed by atoms with Crippen molar-refractivity contribution in [3.8, 4) is 0 Å². The lowest BCUT2D eigenvalue weighted by atomic mass is 9.90. The molecule has 1 aromatic rings. The van der Waals surface area contributed by atoms with E-state index in [2.05, 4.69) is 4.98 Å². The average Bonchev–Trinajstić information content (AvgIpc) is 2.72. The van der Waals surface area contributed by atoms with Gasteiger partial charge in [-0.3, -0.25) is 19.7 Å². The molecule has 158 valence electrons. The lowest BCUT2D eigenvalue weighted by Gasteiger charge is -2.40. The van der Waals surface area contributed by atoms with E-state index in [9.17, 15) is 19.7 Å². The minimum atomic E-state index is -0.467. The fourth-order valence-electron chi connectivity index (χ4n) is 3.92. The summed E-state index contributed by atoms with van der Waals surface area (Å²) in [4.78, 5) is 45.8. The SMILES string of the molecule is CC(C)(C)C(=O)N1CCCC(C(=O)N2CCN(c3ccc([N+](=O)[O-])cn3)CC2)C1. The summed E-state index contributed by atoms with van der Waals surface area (Å²) in [5.74, 6) is 0.762. The summed E-state index contributed by atoms with van der Waals surface area (Å²) < 4.78 is 0. The van der Waals surface area contributed by atoms with Crippen molar-refractivity contribution in [2.45, 2.75) is 33.6 Å². The zero-order chi connectivity index (χ0) is 21.2. The van der Waals surface area contributed by atoms with Crippen LogP contribution in [0.5, 0.6) is 0 Å². The number of anilines is 1. The molecule has 0 radical (unpaired) electrons. The number of carbonyl (C=O) groups excluding carboxylic acids is 2. The summed E-state index contributed by atoms with van der Waals surface area (Å²) in [6.07, 6.45) is 2.93. The Bertz CT molecular complexity index is 766. The number of hydrogen-bond acceptors (Lipinski definition) is 6. The Kier molecular flexibility index (Phi) is 6.04. The average molecular weight is 403 g/mol. The molecule has 2 saturated heterocycles. The first-order valence-corrected chi connectivity index (χ1v) is 10.1. The quantitative estimate of drug-likeness (QED) is 0.565. The van der Waals surface area contributed by atoms with E-state index in [1.165, 1.54) is 12.3 Å². The van der Waals surface area contributed by atoms with Crippen molar-refractivity contribution in [3.05, 3.63) is 28.4 Å². The first-order valence-electron chi connectivity index (χ1n) is 10.1. The van der Waals surface area contributed by atoms with Gasteiger partial charge in [0.2, 0.25) is 11.8 Å². The fraction of sp³-hybridized carbons (Fsp3) is 0.650. The van der Waals surface area contributed by atoms with Crippen LogP contribution < -0.4 is 4.90 Å². The first-order chi connectivity index (χ1) is 13.7. The van der Waals surface area contributed by atoms with Crippen molar-refractivity contribution in [1.29, 1.82) is 0 Å². The van der Waals surface area contributed by atoms with Gasteiger partial charge in [0, 0.05) is 50.7 Å². The van der Waals surface area contributed by atoms with Crippen molar-refractivity contribution in [2.75, 3.05) is 44.2 Å². The van der Waals surface area contributed by atoms with Gasteiger partial charge in [-0.15, -0.1) is 0 Å². The van der Waals surface area contributed by atoms with Crippen molar-refractivity contribution >= 4 is 23.3 Å². The van der Waals surface area contributed by atoms with Crippen molar-refractivity contribution in [1.82, 2.24) is 14.8 Å². The molecule has 0 aromatic carbocycles. The van der Waals surface area contributed by atoms with E-state index in [0.717, 1.165) is 19.4 Å². The number of amides is 2. The van der Waals surface area contributed by atoms with Crippen LogP contribution in [-0.2, 0) is 9.59 Å². The van der Waals surface area contributed by atoms with Crippen LogP contribution in [0.2, 0.25) is 0 Å². The Hall–Kier alpha value is -2.71. The van der Waals surface area contributed by atoms with Gasteiger partial charge in [0.25, 0.3) is 5.69 Å². The third kappa shape index (κ3) is 4.83. The molecule has 0 saturated carbocycles. The normalized spacial score (nSPS) is 20.5. The first kappa shape index (κ1) is 21.0. The lowest BCUT2D eigenvalue weighted by molar-refractivity contribution is -0.385. The molecule has 0 bridgehead atoms. The molecule has 9 nitrogen and oxygen atoms in total. The molecule has 1 aromatic heterocycles. The highest BCUT2D eigenvalue weighted by Gasteiger charge is 2.35. The molecule has 2 amide bonds. The Labute approximate surface area is 170 Å². The number of pyridine rings is 1. The van der Waals surface area contributed by atoms with Gasteiger partial charge in [0.1, 0.15) is 12.0 Å². The van der Waals surface area contributed by atoms with Crippen LogP contribution in [-0.4, -0.2) is 70.8 Å². The number of likely N-dealkylation sites (tertiary alicyclic amines) is 1. The van der Waals surface area contributed by atoms with E-state index in [-0.39, 0.29) is 23.4 Å². The zero-order valence-corrected chi connectivity index (χ0v) is 17.3. The number of hydrogen-bond donors (Lipinski definition) is 0. The van der Waals surface area contributed by atoms with Gasteiger partial charge in [-0.1, -0.05) is 20.8 Å². The molecule has 9 heteroatoms. The third-order valence-electron chi connectivity index (χ3n) is 5.56. The lowest BCUT2D eigenvalue weighted by Crippen LogP contribution is -2.54. The molecule has 2 fully saturated rings. The zero-order valence-electron chi connectivity index (χ0n) is 17.3. The predicted octanol–water partition coefficient (Wildman–Crippen LogP) is 1.92. The van der Waals surface area contributed by atoms with Crippen LogP contribution in [0.4, 0.5) is 11.5 Å². The molecule has 29 heavy (non-hydrogen) atoms. The summed E-state index contributed by atoms with van der Waals surface area (Å²) >= 11 is 0. The number of nitrogens with zero attached hydrogens (tertiary/aromatic N) is 5. The summed E-state index contributed by atoms with van der Waals surface area (Å²) in [7, 11) is 0. The van der Waals surface area contributed by atoms with Crippen molar-refractivity contribution in [2.24, 2.45) is 11.3 Å². The largest absolute Gasteiger partial charge is 0.353 e. The van der Waals surface area contributed by atoms with Gasteiger partial charge in [0.05, 0.1) is 10.8 Å². The maximum atomic E-state index is 13.0. The highest BCUT2D eigenvalue weighted by Crippen LogP contribution is 2.25. The predicted molar refractivity (Wildman–Crippen MR) is 108 cm³/mol. The van der Waals surface area contributed by atoms with Gasteiger partial charge in [-0.25, -0.2) is 4.98 Å². The molecule has 0 spiro atoms. The topological polar surface area (TPSA) is 99.9 Å². The molecule has 1 unspecified atom stereocenters. The number of rotatable bonds is 3. The monoisotopic (exact) mass is 403 g/mol. The highest BCUT2D eigenvalue weighted by atomic mass is 16.6.